The van der Waals surface area contributed by atoms with Gasteiger partial charge in [0.15, 0.2) is 0 Å². The van der Waals surface area contributed by atoms with Gasteiger partial charge in [-0.1, -0.05) is 12.8 Å². The van der Waals surface area contributed by atoms with Crippen molar-refractivity contribution in [2.45, 2.75) is 32.2 Å². The minimum atomic E-state index is -1.02. The molecule has 94 valence electrons. The van der Waals surface area contributed by atoms with Crippen LogP contribution < -0.4 is 5.32 Å². The number of urea groups is 1. The van der Waals surface area contributed by atoms with Crippen LogP contribution in [0.3, 0.4) is 0 Å². The first-order chi connectivity index (χ1) is 8.08. The molecule has 1 rings (SSSR count). The fourth-order valence-electron chi connectivity index (χ4n) is 1.52. The van der Waals surface area contributed by atoms with Crippen LogP contribution in [-0.4, -0.2) is 41.1 Å². The van der Waals surface area contributed by atoms with Crippen LogP contribution in [0.4, 0.5) is 4.79 Å². The van der Waals surface area contributed by atoms with Gasteiger partial charge in [-0.3, -0.25) is 0 Å². The monoisotopic (exact) mass is 238 g/mol. The lowest BCUT2D eigenvalue weighted by Crippen LogP contribution is -2.48. The summed E-state index contributed by atoms with van der Waals surface area (Å²) in [5.74, 6) is 1.93. The maximum absolute atomic E-state index is 11.8. The van der Waals surface area contributed by atoms with Crippen LogP contribution in [-0.2, 0) is 4.79 Å². The molecule has 0 aromatic heterocycles. The molecule has 1 aliphatic carbocycles. The number of carbonyl (C=O) groups is 2. The molecule has 1 saturated carbocycles. The predicted molar refractivity (Wildman–Crippen MR) is 63.4 cm³/mol. The number of carboxylic acid groups (broad SMARTS) is 1. The number of rotatable bonds is 6. The SMILES string of the molecule is C#CCN(CC1CC1)C(=O)N[C@@H](CC)C(=O)O. The van der Waals surface area contributed by atoms with Gasteiger partial charge in [0.05, 0.1) is 6.54 Å². The zero-order valence-corrected chi connectivity index (χ0v) is 9.98. The van der Waals surface area contributed by atoms with Crippen LogP contribution >= 0.6 is 0 Å². The van der Waals surface area contributed by atoms with E-state index in [4.69, 9.17) is 11.5 Å². The molecule has 0 unspecified atom stereocenters. The van der Waals surface area contributed by atoms with E-state index in [1.165, 1.54) is 4.90 Å². The van der Waals surface area contributed by atoms with Gasteiger partial charge in [-0.25, -0.2) is 9.59 Å². The van der Waals surface area contributed by atoms with Crippen molar-refractivity contribution >= 4 is 12.0 Å². The van der Waals surface area contributed by atoms with Crippen LogP contribution in [0.1, 0.15) is 26.2 Å². The third kappa shape index (κ3) is 4.35. The minimum Gasteiger partial charge on any atom is -0.480 e. The third-order valence-corrected chi connectivity index (χ3v) is 2.75. The van der Waals surface area contributed by atoms with E-state index < -0.39 is 12.0 Å². The molecule has 0 heterocycles. The number of nitrogens with one attached hydrogen (secondary N) is 1. The van der Waals surface area contributed by atoms with Gasteiger partial charge in [-0.05, 0) is 25.2 Å². The Kier molecular flexibility index (Phi) is 4.83. The molecule has 1 fully saturated rings. The summed E-state index contributed by atoms with van der Waals surface area (Å²) in [6.45, 7) is 2.55. The van der Waals surface area contributed by atoms with Gasteiger partial charge in [0.2, 0.25) is 0 Å². The molecule has 0 aromatic rings. The highest BCUT2D eigenvalue weighted by Gasteiger charge is 2.28. The number of carbonyl (C=O) groups excluding carboxylic acids is 1. The second-order valence-corrected chi connectivity index (χ2v) is 4.28. The summed E-state index contributed by atoms with van der Waals surface area (Å²) >= 11 is 0. The first kappa shape index (κ1) is 13.4. The van der Waals surface area contributed by atoms with Crippen molar-refractivity contribution in [3.8, 4) is 12.3 Å². The Bertz CT molecular complexity index is 331. The fourth-order valence-corrected chi connectivity index (χ4v) is 1.52. The highest BCUT2D eigenvalue weighted by atomic mass is 16.4. The zero-order chi connectivity index (χ0) is 12.8. The van der Waals surface area contributed by atoms with Crippen molar-refractivity contribution in [2.75, 3.05) is 13.1 Å². The summed E-state index contributed by atoms with van der Waals surface area (Å²) in [6.07, 6.45) is 7.79. The first-order valence-electron chi connectivity index (χ1n) is 5.80. The molecule has 0 aromatic carbocycles. The van der Waals surface area contributed by atoms with Crippen molar-refractivity contribution in [1.29, 1.82) is 0 Å². The summed E-state index contributed by atoms with van der Waals surface area (Å²) in [5, 5.41) is 11.3. The highest BCUT2D eigenvalue weighted by molar-refractivity contribution is 5.82. The van der Waals surface area contributed by atoms with E-state index in [0.29, 0.717) is 18.9 Å². The van der Waals surface area contributed by atoms with Crippen molar-refractivity contribution in [1.82, 2.24) is 10.2 Å². The average molecular weight is 238 g/mol. The normalized spacial score (nSPS) is 15.8. The predicted octanol–water partition coefficient (Wildman–Crippen LogP) is 0.904. The molecule has 0 radical (unpaired) electrons. The van der Waals surface area contributed by atoms with E-state index in [1.807, 2.05) is 0 Å². The summed E-state index contributed by atoms with van der Waals surface area (Å²) in [6, 6.07) is -1.23. The Labute approximate surface area is 101 Å². The highest BCUT2D eigenvalue weighted by Crippen LogP contribution is 2.29. The Morgan fingerprint density at radius 3 is 2.65 bits per heavy atom. The van der Waals surface area contributed by atoms with Gasteiger partial charge in [-0.2, -0.15) is 0 Å². The Balaban J connectivity index is 2.51. The molecule has 0 bridgehead atoms. The summed E-state index contributed by atoms with van der Waals surface area (Å²) < 4.78 is 0. The first-order valence-corrected chi connectivity index (χ1v) is 5.80. The van der Waals surface area contributed by atoms with E-state index in [2.05, 4.69) is 11.2 Å². The Morgan fingerprint density at radius 1 is 1.59 bits per heavy atom. The summed E-state index contributed by atoms with van der Waals surface area (Å²) in [5.41, 5.74) is 0. The second-order valence-electron chi connectivity index (χ2n) is 4.28. The lowest BCUT2D eigenvalue weighted by atomic mass is 10.2. The number of terminal acetylenes is 1. The van der Waals surface area contributed by atoms with E-state index in [-0.39, 0.29) is 12.6 Å². The molecule has 5 nitrogen and oxygen atoms in total. The van der Waals surface area contributed by atoms with Crippen LogP contribution in [0.25, 0.3) is 0 Å². The van der Waals surface area contributed by atoms with Crippen molar-refractivity contribution in [3.63, 3.8) is 0 Å². The van der Waals surface area contributed by atoms with Crippen molar-refractivity contribution < 1.29 is 14.7 Å². The van der Waals surface area contributed by atoms with Crippen LogP contribution in [0.15, 0.2) is 0 Å². The third-order valence-electron chi connectivity index (χ3n) is 2.75. The van der Waals surface area contributed by atoms with Gasteiger partial charge in [0.25, 0.3) is 0 Å². The van der Waals surface area contributed by atoms with Crippen molar-refractivity contribution in [3.05, 3.63) is 0 Å². The van der Waals surface area contributed by atoms with Crippen LogP contribution in [0.5, 0.6) is 0 Å². The van der Waals surface area contributed by atoms with E-state index >= 15 is 0 Å². The van der Waals surface area contributed by atoms with Crippen molar-refractivity contribution in [2.24, 2.45) is 5.92 Å². The Morgan fingerprint density at radius 2 is 2.24 bits per heavy atom. The molecule has 5 heteroatoms. The van der Waals surface area contributed by atoms with E-state index in [9.17, 15) is 9.59 Å². The van der Waals surface area contributed by atoms with Gasteiger partial charge in [0, 0.05) is 6.54 Å². The Hall–Kier alpha value is -1.70. The quantitative estimate of drug-likeness (QED) is 0.676. The maximum Gasteiger partial charge on any atom is 0.326 e. The molecule has 0 spiro atoms. The van der Waals surface area contributed by atoms with E-state index in [1.54, 1.807) is 6.92 Å². The second kappa shape index (κ2) is 6.14. The van der Waals surface area contributed by atoms with Gasteiger partial charge in [0.1, 0.15) is 6.04 Å². The molecular weight excluding hydrogens is 220 g/mol. The van der Waals surface area contributed by atoms with E-state index in [0.717, 1.165) is 12.8 Å². The largest absolute Gasteiger partial charge is 0.480 e. The average Bonchev–Trinajstić information content (AvgIpc) is 3.08. The zero-order valence-electron chi connectivity index (χ0n) is 9.98. The number of hydrogen-bond acceptors (Lipinski definition) is 2. The van der Waals surface area contributed by atoms with Crippen LogP contribution in [0.2, 0.25) is 0 Å². The maximum atomic E-state index is 11.8. The number of hydrogen-bond donors (Lipinski definition) is 2. The number of carboxylic acids is 1. The topological polar surface area (TPSA) is 69.6 Å². The minimum absolute atomic E-state index is 0.221. The summed E-state index contributed by atoms with van der Waals surface area (Å²) in [7, 11) is 0. The summed E-state index contributed by atoms with van der Waals surface area (Å²) in [4.78, 5) is 24.1. The molecule has 1 aliphatic rings. The molecular formula is C12H18N2O3. The number of nitrogens with zero attached hydrogens (tertiary/aromatic N) is 1. The van der Waals surface area contributed by atoms with Crippen LogP contribution in [0, 0.1) is 18.3 Å². The molecule has 0 saturated heterocycles. The lowest BCUT2D eigenvalue weighted by Gasteiger charge is -2.22. The molecule has 0 aliphatic heterocycles. The number of amides is 2. The molecule has 2 amide bonds. The molecule has 17 heavy (non-hydrogen) atoms. The van der Waals surface area contributed by atoms with Gasteiger partial charge < -0.3 is 15.3 Å². The number of aliphatic carboxylic acids is 1. The molecule has 2 N–H and O–H groups in total. The lowest BCUT2D eigenvalue weighted by molar-refractivity contribution is -0.139. The standard InChI is InChI=1S/C12H18N2O3/c1-3-7-14(8-9-5-6-9)12(17)13-10(4-2)11(15)16/h1,9-10H,4-8H2,2H3,(H,13,17)(H,15,16)/t10-/m0/s1. The van der Waals surface area contributed by atoms with Gasteiger partial charge in [-0.15, -0.1) is 6.42 Å². The molecule has 1 atom stereocenters. The van der Waals surface area contributed by atoms with Gasteiger partial charge >= 0.3 is 12.0 Å². The fraction of sp³-hybridized carbons (Fsp3) is 0.667. The smallest absolute Gasteiger partial charge is 0.326 e.